The van der Waals surface area contributed by atoms with Gasteiger partial charge in [-0.15, -0.1) is 0 Å². The Kier molecular flexibility index (Phi) is 6.39. The van der Waals surface area contributed by atoms with Crippen molar-refractivity contribution in [2.24, 2.45) is 0 Å². The first-order valence-corrected chi connectivity index (χ1v) is 19.0. The summed E-state index contributed by atoms with van der Waals surface area (Å²) in [5.74, 6) is 0. The maximum atomic E-state index is 6.69. The van der Waals surface area contributed by atoms with Crippen molar-refractivity contribution in [3.63, 3.8) is 0 Å². The fraction of sp³-hybridized carbons (Fsp3) is 0.115. The maximum absolute atomic E-state index is 6.69. The Hall–Kier alpha value is -6.38. The summed E-state index contributed by atoms with van der Waals surface area (Å²) < 4.78 is 6.69. The topological polar surface area (TPSA) is 16.4 Å². The molecule has 0 aliphatic heterocycles. The highest BCUT2D eigenvalue weighted by Crippen LogP contribution is 2.54. The lowest BCUT2D eigenvalue weighted by molar-refractivity contribution is 0.660. The molecule has 2 aliphatic carbocycles. The van der Waals surface area contributed by atoms with E-state index in [0.29, 0.717) is 0 Å². The number of benzene rings is 8. The molecule has 2 aliphatic rings. The molecule has 0 N–H and O–H groups in total. The molecule has 9 aromatic rings. The van der Waals surface area contributed by atoms with E-state index in [1.54, 1.807) is 0 Å². The Morgan fingerprint density at radius 1 is 0.407 bits per heavy atom. The molecule has 0 fully saturated rings. The minimum atomic E-state index is -0.126. The fourth-order valence-electron chi connectivity index (χ4n) is 9.76. The molecule has 2 heteroatoms. The van der Waals surface area contributed by atoms with Crippen LogP contribution in [0.3, 0.4) is 0 Å². The fourth-order valence-corrected chi connectivity index (χ4v) is 9.76. The minimum absolute atomic E-state index is 0.126. The second-order valence-electron chi connectivity index (χ2n) is 16.1. The molecule has 0 saturated heterocycles. The van der Waals surface area contributed by atoms with Crippen LogP contribution in [0.4, 0.5) is 17.1 Å². The quantitative estimate of drug-likeness (QED) is 0.182. The molecule has 1 heterocycles. The molecule has 0 bridgehead atoms. The SMILES string of the molecule is CC1(C)c2ccccc2-c2ccc(N(c3ccc4c(c3)C(C)(C)c3ccccc3-4)c3ccccc3-c3cccc4oc5c6ccccc6ccc5c34)cc21. The lowest BCUT2D eigenvalue weighted by atomic mass is 9.82. The van der Waals surface area contributed by atoms with Crippen LogP contribution in [0.2, 0.25) is 0 Å². The molecule has 0 atom stereocenters. The Labute approximate surface area is 315 Å². The lowest BCUT2D eigenvalue weighted by Crippen LogP contribution is -2.18. The van der Waals surface area contributed by atoms with Crippen molar-refractivity contribution in [2.45, 2.75) is 38.5 Å². The van der Waals surface area contributed by atoms with E-state index in [9.17, 15) is 0 Å². The van der Waals surface area contributed by atoms with E-state index in [-0.39, 0.29) is 10.8 Å². The number of fused-ring (bicyclic) bond motifs is 11. The largest absolute Gasteiger partial charge is 0.455 e. The highest BCUT2D eigenvalue weighted by molar-refractivity contribution is 6.19. The molecule has 0 spiro atoms. The van der Waals surface area contributed by atoms with Gasteiger partial charge in [0.15, 0.2) is 0 Å². The van der Waals surface area contributed by atoms with Crippen LogP contribution < -0.4 is 4.90 Å². The van der Waals surface area contributed by atoms with E-state index in [1.165, 1.54) is 49.9 Å². The molecule has 0 saturated carbocycles. The summed E-state index contributed by atoms with van der Waals surface area (Å²) in [5, 5.41) is 4.59. The van der Waals surface area contributed by atoms with Gasteiger partial charge in [0.25, 0.3) is 0 Å². The van der Waals surface area contributed by atoms with Crippen molar-refractivity contribution >= 4 is 49.8 Å². The monoisotopic (exact) mass is 693 g/mol. The van der Waals surface area contributed by atoms with Gasteiger partial charge in [-0.2, -0.15) is 0 Å². The Morgan fingerprint density at radius 2 is 0.944 bits per heavy atom. The van der Waals surface area contributed by atoms with Gasteiger partial charge in [0.05, 0.1) is 5.69 Å². The van der Waals surface area contributed by atoms with E-state index in [4.69, 9.17) is 4.42 Å². The van der Waals surface area contributed by atoms with Gasteiger partial charge in [-0.25, -0.2) is 0 Å². The zero-order valence-corrected chi connectivity index (χ0v) is 30.9. The number of para-hydroxylation sites is 1. The summed E-state index contributed by atoms with van der Waals surface area (Å²) in [6.45, 7) is 9.46. The summed E-state index contributed by atoms with van der Waals surface area (Å²) in [6.07, 6.45) is 0. The lowest BCUT2D eigenvalue weighted by Gasteiger charge is -2.31. The number of rotatable bonds is 4. The first-order valence-electron chi connectivity index (χ1n) is 19.0. The van der Waals surface area contributed by atoms with Gasteiger partial charge >= 0.3 is 0 Å². The van der Waals surface area contributed by atoms with Crippen LogP contribution in [0.15, 0.2) is 168 Å². The molecular formula is C52H39NO. The Balaban J connectivity index is 1.17. The molecular weight excluding hydrogens is 655 g/mol. The van der Waals surface area contributed by atoms with Crippen molar-refractivity contribution in [2.75, 3.05) is 4.90 Å². The molecule has 0 amide bonds. The van der Waals surface area contributed by atoms with E-state index in [1.807, 2.05) is 0 Å². The molecule has 2 nitrogen and oxygen atoms in total. The van der Waals surface area contributed by atoms with E-state index in [0.717, 1.165) is 55.5 Å². The maximum Gasteiger partial charge on any atom is 0.143 e. The molecule has 54 heavy (non-hydrogen) atoms. The van der Waals surface area contributed by atoms with E-state index in [2.05, 4.69) is 196 Å². The predicted molar refractivity (Wildman–Crippen MR) is 226 cm³/mol. The zero-order valence-electron chi connectivity index (χ0n) is 30.9. The van der Waals surface area contributed by atoms with Crippen LogP contribution in [-0.4, -0.2) is 0 Å². The number of furan rings is 1. The zero-order chi connectivity index (χ0) is 36.3. The van der Waals surface area contributed by atoms with Crippen molar-refractivity contribution in [3.05, 3.63) is 186 Å². The number of hydrogen-bond acceptors (Lipinski definition) is 2. The van der Waals surface area contributed by atoms with Crippen molar-refractivity contribution in [3.8, 4) is 33.4 Å². The smallest absolute Gasteiger partial charge is 0.143 e. The van der Waals surface area contributed by atoms with Crippen LogP contribution in [0.1, 0.15) is 49.9 Å². The first-order chi connectivity index (χ1) is 26.3. The van der Waals surface area contributed by atoms with Gasteiger partial charge in [-0.05, 0) is 97.9 Å². The summed E-state index contributed by atoms with van der Waals surface area (Å²) in [6, 6.07) is 60.4. The number of nitrogens with zero attached hydrogens (tertiary/aromatic N) is 1. The van der Waals surface area contributed by atoms with Gasteiger partial charge in [0.2, 0.25) is 0 Å². The normalized spacial score (nSPS) is 14.6. The van der Waals surface area contributed by atoms with Crippen LogP contribution in [0, 0.1) is 0 Å². The number of anilines is 3. The molecule has 258 valence electrons. The second kappa shape index (κ2) is 11.1. The van der Waals surface area contributed by atoms with Crippen molar-refractivity contribution in [1.82, 2.24) is 0 Å². The van der Waals surface area contributed by atoms with Gasteiger partial charge < -0.3 is 9.32 Å². The van der Waals surface area contributed by atoms with Gasteiger partial charge in [0.1, 0.15) is 11.2 Å². The van der Waals surface area contributed by atoms with Gasteiger partial charge in [-0.1, -0.05) is 149 Å². The van der Waals surface area contributed by atoms with Crippen molar-refractivity contribution in [1.29, 1.82) is 0 Å². The molecule has 0 radical (unpaired) electrons. The highest BCUT2D eigenvalue weighted by atomic mass is 16.3. The van der Waals surface area contributed by atoms with Crippen LogP contribution in [0.5, 0.6) is 0 Å². The molecule has 1 aromatic heterocycles. The number of hydrogen-bond donors (Lipinski definition) is 0. The average Bonchev–Trinajstić information content (AvgIpc) is 3.78. The summed E-state index contributed by atoms with van der Waals surface area (Å²) in [5.41, 5.74) is 18.1. The Morgan fingerprint density at radius 3 is 1.61 bits per heavy atom. The Bertz CT molecular complexity index is 2910. The van der Waals surface area contributed by atoms with E-state index < -0.39 is 0 Å². The van der Waals surface area contributed by atoms with Crippen LogP contribution >= 0.6 is 0 Å². The third-order valence-electron chi connectivity index (χ3n) is 12.5. The third kappa shape index (κ3) is 4.23. The van der Waals surface area contributed by atoms with Crippen molar-refractivity contribution < 1.29 is 4.42 Å². The van der Waals surface area contributed by atoms with Crippen LogP contribution in [-0.2, 0) is 10.8 Å². The summed E-state index contributed by atoms with van der Waals surface area (Å²) >= 11 is 0. The van der Waals surface area contributed by atoms with Gasteiger partial charge in [0, 0.05) is 43.9 Å². The van der Waals surface area contributed by atoms with Gasteiger partial charge in [-0.3, -0.25) is 0 Å². The molecule has 11 rings (SSSR count). The molecule has 8 aromatic carbocycles. The van der Waals surface area contributed by atoms with E-state index >= 15 is 0 Å². The minimum Gasteiger partial charge on any atom is -0.455 e. The second-order valence-corrected chi connectivity index (χ2v) is 16.1. The first kappa shape index (κ1) is 31.2. The predicted octanol–water partition coefficient (Wildman–Crippen LogP) is 14.5. The summed E-state index contributed by atoms with van der Waals surface area (Å²) in [7, 11) is 0. The third-order valence-corrected chi connectivity index (χ3v) is 12.5. The summed E-state index contributed by atoms with van der Waals surface area (Å²) in [4.78, 5) is 2.49. The average molecular weight is 694 g/mol. The molecule has 0 unspecified atom stereocenters. The van der Waals surface area contributed by atoms with Crippen LogP contribution in [0.25, 0.3) is 66.1 Å². The standard InChI is InChI=1S/C52H39NO/c1-51(2)43-20-10-7-16-36(43)38-28-25-33(30-45(38)51)53(34-26-29-39-37-17-8-11-21-44(37)52(3,4)46(39)31-34)47-22-12-9-18-40(47)41-19-13-23-48-49(41)42-27-24-32-14-5-6-15-35(32)50(42)54-48/h5-31H,1-4H3. The highest BCUT2D eigenvalue weighted by Gasteiger charge is 2.38.